The molecular formula is C15H20O6. The Labute approximate surface area is 123 Å². The third kappa shape index (κ3) is 3.59. The lowest BCUT2D eigenvalue weighted by molar-refractivity contribution is -0.162. The maximum absolute atomic E-state index is 11.1. The normalized spacial score (nSPS) is 24.0. The second kappa shape index (κ2) is 7.00. The molecule has 0 spiro atoms. The van der Waals surface area contributed by atoms with Gasteiger partial charge < -0.3 is 24.4 Å². The minimum absolute atomic E-state index is 0.0835. The summed E-state index contributed by atoms with van der Waals surface area (Å²) >= 11 is 0. The topological polar surface area (TPSA) is 85.2 Å². The van der Waals surface area contributed by atoms with Crippen LogP contribution in [0.3, 0.4) is 0 Å². The number of aliphatic hydroxyl groups is 2. The minimum atomic E-state index is -1.26. The van der Waals surface area contributed by atoms with Crippen molar-refractivity contribution in [3.05, 3.63) is 35.9 Å². The van der Waals surface area contributed by atoms with Crippen molar-refractivity contribution in [2.45, 2.75) is 31.3 Å². The summed E-state index contributed by atoms with van der Waals surface area (Å²) in [4.78, 5) is 11.1. The Balaban J connectivity index is 2.10. The predicted molar refractivity (Wildman–Crippen MR) is 73.4 cm³/mol. The van der Waals surface area contributed by atoms with Gasteiger partial charge in [-0.2, -0.15) is 0 Å². The van der Waals surface area contributed by atoms with Gasteiger partial charge in [-0.1, -0.05) is 30.3 Å². The van der Waals surface area contributed by atoms with E-state index in [1.54, 1.807) is 0 Å². The lowest BCUT2D eigenvalue weighted by Crippen LogP contribution is -2.51. The molecule has 1 aliphatic heterocycles. The van der Waals surface area contributed by atoms with E-state index in [9.17, 15) is 15.0 Å². The smallest absolute Gasteiger partial charge is 0.303 e. The van der Waals surface area contributed by atoms with Crippen LogP contribution in [-0.4, -0.2) is 53.8 Å². The Bertz CT molecular complexity index is 456. The van der Waals surface area contributed by atoms with Crippen LogP contribution in [0.1, 0.15) is 12.5 Å². The van der Waals surface area contributed by atoms with Gasteiger partial charge >= 0.3 is 5.97 Å². The molecule has 0 aromatic heterocycles. The van der Waals surface area contributed by atoms with Crippen LogP contribution in [0.2, 0.25) is 0 Å². The molecule has 21 heavy (non-hydrogen) atoms. The fourth-order valence-corrected chi connectivity index (χ4v) is 2.41. The number of benzene rings is 1. The van der Waals surface area contributed by atoms with Crippen LogP contribution in [0.25, 0.3) is 0 Å². The fourth-order valence-electron chi connectivity index (χ4n) is 2.41. The van der Waals surface area contributed by atoms with Gasteiger partial charge in [0.2, 0.25) is 0 Å². The first kappa shape index (κ1) is 15.9. The van der Waals surface area contributed by atoms with Crippen molar-refractivity contribution in [3.63, 3.8) is 0 Å². The van der Waals surface area contributed by atoms with Crippen LogP contribution in [0, 0.1) is 0 Å². The molecule has 1 saturated heterocycles. The molecule has 2 N–H and O–H groups in total. The third-order valence-corrected chi connectivity index (χ3v) is 3.52. The summed E-state index contributed by atoms with van der Waals surface area (Å²) in [6, 6.07) is 9.47. The molecule has 1 heterocycles. The number of carbonyl (C=O) groups is 1. The number of aliphatic hydroxyl groups excluding tert-OH is 2. The van der Waals surface area contributed by atoms with Crippen LogP contribution in [-0.2, 0) is 25.6 Å². The first-order valence-electron chi connectivity index (χ1n) is 6.80. The van der Waals surface area contributed by atoms with Crippen LogP contribution >= 0.6 is 0 Å². The van der Waals surface area contributed by atoms with E-state index in [1.165, 1.54) is 6.92 Å². The Morgan fingerprint density at radius 2 is 2.00 bits per heavy atom. The molecule has 0 radical (unpaired) electrons. The summed E-state index contributed by atoms with van der Waals surface area (Å²) in [7, 11) is 0. The molecule has 0 bridgehead atoms. The largest absolute Gasteiger partial charge is 0.457 e. The number of ether oxygens (including phenoxy) is 3. The number of hydrogen-bond donors (Lipinski definition) is 2. The maximum Gasteiger partial charge on any atom is 0.303 e. The molecule has 116 valence electrons. The van der Waals surface area contributed by atoms with Crippen molar-refractivity contribution in [3.8, 4) is 0 Å². The standard InChI is InChI=1S/C15H20O6/c1-11(18)21-13-8-20-15(9-16,10-17)14(13)19-7-12-5-3-2-4-6-12/h2-6,13-14,16-17H,7-10H2,1H3/t13-,14-/m0/s1. The van der Waals surface area contributed by atoms with Gasteiger partial charge in [0.05, 0.1) is 26.4 Å². The summed E-state index contributed by atoms with van der Waals surface area (Å²) < 4.78 is 16.4. The van der Waals surface area contributed by atoms with E-state index in [4.69, 9.17) is 14.2 Å². The average molecular weight is 296 g/mol. The van der Waals surface area contributed by atoms with E-state index >= 15 is 0 Å². The van der Waals surface area contributed by atoms with E-state index in [2.05, 4.69) is 0 Å². The van der Waals surface area contributed by atoms with E-state index in [-0.39, 0.29) is 13.2 Å². The molecule has 0 unspecified atom stereocenters. The fraction of sp³-hybridized carbons (Fsp3) is 0.533. The minimum Gasteiger partial charge on any atom is -0.457 e. The van der Waals surface area contributed by atoms with E-state index in [0.717, 1.165) is 5.56 Å². The molecule has 6 nitrogen and oxygen atoms in total. The van der Waals surface area contributed by atoms with Crippen LogP contribution in [0.15, 0.2) is 30.3 Å². The predicted octanol–water partition coefficient (Wildman–Crippen LogP) is 0.257. The average Bonchev–Trinajstić information content (AvgIpc) is 2.84. The second-order valence-electron chi connectivity index (χ2n) is 5.06. The van der Waals surface area contributed by atoms with Crippen molar-refractivity contribution in [2.24, 2.45) is 0 Å². The molecule has 2 atom stereocenters. The summed E-state index contributed by atoms with van der Waals surface area (Å²) in [5.41, 5.74) is -0.315. The van der Waals surface area contributed by atoms with Gasteiger partial charge in [-0.05, 0) is 5.56 Å². The van der Waals surface area contributed by atoms with Gasteiger partial charge in [-0.15, -0.1) is 0 Å². The van der Waals surface area contributed by atoms with Gasteiger partial charge in [0, 0.05) is 6.92 Å². The molecule has 0 amide bonds. The Morgan fingerprint density at radius 1 is 1.33 bits per heavy atom. The third-order valence-electron chi connectivity index (χ3n) is 3.52. The van der Waals surface area contributed by atoms with Gasteiger partial charge in [0.25, 0.3) is 0 Å². The molecule has 6 heteroatoms. The zero-order valence-corrected chi connectivity index (χ0v) is 11.9. The maximum atomic E-state index is 11.1. The molecule has 1 fully saturated rings. The molecule has 1 aromatic carbocycles. The highest BCUT2D eigenvalue weighted by molar-refractivity contribution is 5.66. The van der Waals surface area contributed by atoms with Crippen molar-refractivity contribution in [1.82, 2.24) is 0 Å². The molecular weight excluding hydrogens is 276 g/mol. The number of rotatable bonds is 6. The van der Waals surface area contributed by atoms with Crippen LogP contribution in [0.5, 0.6) is 0 Å². The van der Waals surface area contributed by atoms with Gasteiger partial charge in [0.1, 0.15) is 11.7 Å². The number of esters is 1. The van der Waals surface area contributed by atoms with Crippen molar-refractivity contribution in [1.29, 1.82) is 0 Å². The van der Waals surface area contributed by atoms with Crippen molar-refractivity contribution >= 4 is 5.97 Å². The highest BCUT2D eigenvalue weighted by Crippen LogP contribution is 2.31. The SMILES string of the molecule is CC(=O)O[C@H]1COC(CO)(CO)[C@H]1OCc1ccccc1. The van der Waals surface area contributed by atoms with Crippen LogP contribution < -0.4 is 0 Å². The highest BCUT2D eigenvalue weighted by atomic mass is 16.6. The summed E-state index contributed by atoms with van der Waals surface area (Å²) in [5, 5.41) is 19.1. The lowest BCUT2D eigenvalue weighted by Gasteiger charge is -2.31. The number of hydrogen-bond acceptors (Lipinski definition) is 6. The molecule has 1 aromatic rings. The highest BCUT2D eigenvalue weighted by Gasteiger charge is 2.52. The van der Waals surface area contributed by atoms with Gasteiger partial charge in [-0.3, -0.25) is 4.79 Å². The van der Waals surface area contributed by atoms with E-state index < -0.39 is 37.0 Å². The quantitative estimate of drug-likeness (QED) is 0.732. The van der Waals surface area contributed by atoms with Crippen LogP contribution in [0.4, 0.5) is 0 Å². The van der Waals surface area contributed by atoms with Crippen molar-refractivity contribution in [2.75, 3.05) is 19.8 Å². The first-order chi connectivity index (χ1) is 10.1. The Morgan fingerprint density at radius 3 is 2.57 bits per heavy atom. The summed E-state index contributed by atoms with van der Waals surface area (Å²) in [6.07, 6.45) is -1.37. The van der Waals surface area contributed by atoms with Gasteiger partial charge in [0.15, 0.2) is 6.10 Å². The molecule has 0 aliphatic carbocycles. The van der Waals surface area contributed by atoms with E-state index in [1.807, 2.05) is 30.3 Å². The zero-order valence-electron chi connectivity index (χ0n) is 11.9. The Kier molecular flexibility index (Phi) is 5.30. The summed E-state index contributed by atoms with van der Waals surface area (Å²) in [5.74, 6) is -0.455. The molecule has 0 saturated carbocycles. The van der Waals surface area contributed by atoms with Gasteiger partial charge in [-0.25, -0.2) is 0 Å². The zero-order chi connectivity index (χ0) is 15.3. The second-order valence-corrected chi connectivity index (χ2v) is 5.06. The first-order valence-corrected chi connectivity index (χ1v) is 6.80. The molecule has 1 aliphatic rings. The molecule has 2 rings (SSSR count). The monoisotopic (exact) mass is 296 g/mol. The lowest BCUT2D eigenvalue weighted by atomic mass is 9.97. The summed E-state index contributed by atoms with van der Waals surface area (Å²) in [6.45, 7) is 0.822. The Hall–Kier alpha value is -1.47. The number of carbonyl (C=O) groups excluding carboxylic acids is 1. The van der Waals surface area contributed by atoms with Crippen molar-refractivity contribution < 1.29 is 29.2 Å². The van der Waals surface area contributed by atoms with E-state index in [0.29, 0.717) is 0 Å².